The van der Waals surface area contributed by atoms with Gasteiger partial charge in [0.2, 0.25) is 15.9 Å². The van der Waals surface area contributed by atoms with E-state index < -0.39 is 16.1 Å². The molecule has 29 heavy (non-hydrogen) atoms. The van der Waals surface area contributed by atoms with E-state index in [1.165, 1.54) is 18.4 Å². The summed E-state index contributed by atoms with van der Waals surface area (Å²) < 4.78 is 32.6. The van der Waals surface area contributed by atoms with Gasteiger partial charge in [-0.3, -0.25) is 4.79 Å². The van der Waals surface area contributed by atoms with Gasteiger partial charge in [0, 0.05) is 16.4 Å². The van der Waals surface area contributed by atoms with E-state index in [1.54, 1.807) is 55.5 Å². The van der Waals surface area contributed by atoms with Gasteiger partial charge >= 0.3 is 0 Å². The van der Waals surface area contributed by atoms with Crippen LogP contribution in [0.5, 0.6) is 0 Å². The van der Waals surface area contributed by atoms with Crippen molar-refractivity contribution >= 4 is 38.9 Å². The molecular weight excluding hydrogens is 414 g/mol. The normalized spacial score (nSPS) is 12.3. The molecule has 7 nitrogen and oxygen atoms in total. The Morgan fingerprint density at radius 2 is 1.83 bits per heavy atom. The van der Waals surface area contributed by atoms with Crippen LogP contribution in [0, 0.1) is 0 Å². The molecule has 0 fully saturated rings. The third-order valence-electron chi connectivity index (χ3n) is 4.05. The largest absolute Gasteiger partial charge is 0.468 e. The van der Waals surface area contributed by atoms with Crippen LogP contribution >= 0.6 is 11.6 Å². The van der Waals surface area contributed by atoms with Crippen molar-refractivity contribution in [2.75, 3.05) is 10.6 Å². The van der Waals surface area contributed by atoms with Crippen LogP contribution in [0.3, 0.4) is 0 Å². The number of carbonyl (C=O) groups is 1. The second kappa shape index (κ2) is 9.13. The van der Waals surface area contributed by atoms with E-state index in [2.05, 4.69) is 15.4 Å². The summed E-state index contributed by atoms with van der Waals surface area (Å²) in [7, 11) is -3.73. The fraction of sp³-hybridized carbons (Fsp3) is 0.150. The Morgan fingerprint density at radius 1 is 1.07 bits per heavy atom. The molecule has 152 valence electrons. The van der Waals surface area contributed by atoms with Gasteiger partial charge in [0.1, 0.15) is 11.8 Å². The van der Waals surface area contributed by atoms with Crippen LogP contribution in [0.4, 0.5) is 11.4 Å². The van der Waals surface area contributed by atoms with Gasteiger partial charge in [0.05, 0.1) is 17.7 Å². The Hall–Kier alpha value is -2.81. The van der Waals surface area contributed by atoms with Crippen LogP contribution in [-0.2, 0) is 21.4 Å². The van der Waals surface area contributed by atoms with E-state index in [0.29, 0.717) is 22.2 Å². The van der Waals surface area contributed by atoms with Crippen molar-refractivity contribution in [3.63, 3.8) is 0 Å². The first kappa shape index (κ1) is 20.9. The molecule has 3 aromatic rings. The smallest absolute Gasteiger partial charge is 0.246 e. The maximum absolute atomic E-state index is 12.5. The molecule has 0 radical (unpaired) electrons. The molecule has 0 bridgehead atoms. The molecule has 0 aliphatic carbocycles. The zero-order valence-electron chi connectivity index (χ0n) is 15.6. The quantitative estimate of drug-likeness (QED) is 0.501. The SMILES string of the molecule is CC(Nc1cccc(S(=O)(=O)NCc2ccco2)c1)C(=O)Nc1ccc(Cl)cc1. The second-order valence-corrected chi connectivity index (χ2v) is 8.50. The molecule has 0 spiro atoms. The van der Waals surface area contributed by atoms with Crippen molar-refractivity contribution in [3.05, 3.63) is 77.7 Å². The summed E-state index contributed by atoms with van der Waals surface area (Å²) >= 11 is 5.84. The lowest BCUT2D eigenvalue weighted by molar-refractivity contribution is -0.116. The average Bonchev–Trinajstić information content (AvgIpc) is 3.22. The zero-order valence-corrected chi connectivity index (χ0v) is 17.1. The molecule has 9 heteroatoms. The Balaban J connectivity index is 1.63. The number of amides is 1. The fourth-order valence-corrected chi connectivity index (χ4v) is 3.68. The van der Waals surface area contributed by atoms with Gasteiger partial charge in [-0.15, -0.1) is 0 Å². The first-order valence-corrected chi connectivity index (χ1v) is 10.6. The van der Waals surface area contributed by atoms with Gasteiger partial charge in [-0.05, 0) is 61.5 Å². The minimum atomic E-state index is -3.73. The Labute approximate surface area is 174 Å². The van der Waals surface area contributed by atoms with Crippen LogP contribution in [0.25, 0.3) is 0 Å². The number of nitrogens with one attached hydrogen (secondary N) is 3. The molecule has 1 unspecified atom stereocenters. The molecule has 0 aliphatic heterocycles. The first-order valence-electron chi connectivity index (χ1n) is 8.78. The lowest BCUT2D eigenvalue weighted by Crippen LogP contribution is -2.32. The molecule has 0 saturated heterocycles. The van der Waals surface area contributed by atoms with Gasteiger partial charge in [0.25, 0.3) is 0 Å². The lowest BCUT2D eigenvalue weighted by atomic mass is 10.2. The van der Waals surface area contributed by atoms with Gasteiger partial charge in [0.15, 0.2) is 0 Å². The number of hydrogen-bond donors (Lipinski definition) is 3. The summed E-state index contributed by atoms with van der Waals surface area (Å²) in [6.45, 7) is 1.73. The summed E-state index contributed by atoms with van der Waals surface area (Å²) in [6.07, 6.45) is 1.48. The van der Waals surface area contributed by atoms with Crippen LogP contribution < -0.4 is 15.4 Å². The van der Waals surface area contributed by atoms with Crippen molar-refractivity contribution in [2.24, 2.45) is 0 Å². The number of benzene rings is 2. The van der Waals surface area contributed by atoms with Crippen LogP contribution in [0.2, 0.25) is 5.02 Å². The highest BCUT2D eigenvalue weighted by atomic mass is 35.5. The number of carbonyl (C=O) groups excluding carboxylic acids is 1. The maximum atomic E-state index is 12.5. The monoisotopic (exact) mass is 433 g/mol. The molecule has 0 aliphatic rings. The van der Waals surface area contributed by atoms with E-state index in [-0.39, 0.29) is 17.3 Å². The predicted octanol–water partition coefficient (Wildman–Crippen LogP) is 3.85. The number of halogens is 1. The van der Waals surface area contributed by atoms with E-state index in [4.69, 9.17) is 16.0 Å². The van der Waals surface area contributed by atoms with Crippen LogP contribution in [0.1, 0.15) is 12.7 Å². The minimum Gasteiger partial charge on any atom is -0.468 e. The topological polar surface area (TPSA) is 100 Å². The Morgan fingerprint density at radius 3 is 2.52 bits per heavy atom. The van der Waals surface area contributed by atoms with E-state index in [0.717, 1.165) is 0 Å². The number of anilines is 2. The number of sulfonamides is 1. The standard InChI is InChI=1S/C20H20ClN3O4S/c1-14(20(25)24-16-9-7-15(21)8-10-16)23-17-4-2-6-19(12-17)29(26,27)22-13-18-5-3-11-28-18/h2-12,14,22-23H,13H2,1H3,(H,24,25). The summed E-state index contributed by atoms with van der Waals surface area (Å²) in [4.78, 5) is 12.5. The third-order valence-corrected chi connectivity index (χ3v) is 5.70. The van der Waals surface area contributed by atoms with E-state index in [9.17, 15) is 13.2 Å². The molecule has 3 rings (SSSR count). The number of rotatable bonds is 8. The van der Waals surface area contributed by atoms with E-state index >= 15 is 0 Å². The highest BCUT2D eigenvalue weighted by molar-refractivity contribution is 7.89. The summed E-state index contributed by atoms with van der Waals surface area (Å²) in [5.41, 5.74) is 1.12. The number of furan rings is 1. The fourth-order valence-electron chi connectivity index (χ4n) is 2.51. The number of hydrogen-bond acceptors (Lipinski definition) is 5. The Bertz CT molecular complexity index is 1070. The molecule has 1 amide bonds. The van der Waals surface area contributed by atoms with Crippen molar-refractivity contribution in [2.45, 2.75) is 24.4 Å². The van der Waals surface area contributed by atoms with Gasteiger partial charge in [-0.1, -0.05) is 17.7 Å². The van der Waals surface area contributed by atoms with Gasteiger partial charge in [-0.25, -0.2) is 13.1 Å². The van der Waals surface area contributed by atoms with Crippen LogP contribution in [-0.4, -0.2) is 20.4 Å². The Kier molecular flexibility index (Phi) is 6.58. The molecule has 2 aromatic carbocycles. The van der Waals surface area contributed by atoms with Crippen molar-refractivity contribution < 1.29 is 17.6 Å². The van der Waals surface area contributed by atoms with Crippen LogP contribution in [0.15, 0.2) is 76.2 Å². The highest BCUT2D eigenvalue weighted by Gasteiger charge is 2.17. The second-order valence-electron chi connectivity index (χ2n) is 6.29. The zero-order chi connectivity index (χ0) is 20.9. The summed E-state index contributed by atoms with van der Waals surface area (Å²) in [5.74, 6) is 0.242. The molecular formula is C20H20ClN3O4S. The maximum Gasteiger partial charge on any atom is 0.246 e. The third kappa shape index (κ3) is 5.83. The molecule has 1 heterocycles. The first-order chi connectivity index (χ1) is 13.8. The average molecular weight is 434 g/mol. The molecule has 1 aromatic heterocycles. The summed E-state index contributed by atoms with van der Waals surface area (Å²) in [6, 6.07) is 15.8. The van der Waals surface area contributed by atoms with Crippen molar-refractivity contribution in [3.8, 4) is 0 Å². The lowest BCUT2D eigenvalue weighted by Gasteiger charge is -2.16. The minimum absolute atomic E-state index is 0.0485. The van der Waals surface area contributed by atoms with E-state index in [1.807, 2.05) is 0 Å². The molecule has 3 N–H and O–H groups in total. The van der Waals surface area contributed by atoms with Crippen molar-refractivity contribution in [1.82, 2.24) is 4.72 Å². The highest BCUT2D eigenvalue weighted by Crippen LogP contribution is 2.18. The molecule has 1 atom stereocenters. The predicted molar refractivity (Wildman–Crippen MR) is 112 cm³/mol. The summed E-state index contributed by atoms with van der Waals surface area (Å²) in [5, 5.41) is 6.35. The molecule has 0 saturated carbocycles. The van der Waals surface area contributed by atoms with Gasteiger partial charge in [-0.2, -0.15) is 0 Å². The van der Waals surface area contributed by atoms with Crippen molar-refractivity contribution in [1.29, 1.82) is 0 Å². The van der Waals surface area contributed by atoms with Gasteiger partial charge < -0.3 is 15.1 Å².